The number of hydrogen-bond donors (Lipinski definition) is 1. The van der Waals surface area contributed by atoms with Crippen molar-refractivity contribution in [2.45, 2.75) is 6.54 Å². The van der Waals surface area contributed by atoms with Crippen molar-refractivity contribution < 1.29 is 9.34 Å². The molecule has 7 heteroatoms. The van der Waals surface area contributed by atoms with Crippen molar-refractivity contribution in [3.05, 3.63) is 44.9 Å². The minimum Gasteiger partial charge on any atom is -0.439 e. The molecule has 0 aliphatic rings. The van der Waals surface area contributed by atoms with Gasteiger partial charge in [-0.2, -0.15) is 0 Å². The number of aromatic nitrogens is 1. The lowest BCUT2D eigenvalue weighted by molar-refractivity contribution is -0.384. The van der Waals surface area contributed by atoms with Crippen LogP contribution in [0.4, 0.5) is 5.69 Å². The number of nitro groups is 1. The van der Waals surface area contributed by atoms with Crippen LogP contribution in [0.2, 0.25) is 0 Å². The Morgan fingerprint density at radius 1 is 1.47 bits per heavy atom. The number of nitrogens with zero attached hydrogens (tertiary/aromatic N) is 2. The predicted octanol–water partition coefficient (Wildman–Crippen LogP) is 2.47. The van der Waals surface area contributed by atoms with Gasteiger partial charge in [0.05, 0.1) is 17.7 Å². The molecule has 0 atom stereocenters. The molecule has 0 radical (unpaired) electrons. The van der Waals surface area contributed by atoms with Gasteiger partial charge in [-0.25, -0.2) is 4.98 Å². The molecular formula is C10H8BrN3O3. The SMILES string of the molecule is NCc1ncc(-c2cc(Br)cc([N+](=O)[O-])c2)o1. The van der Waals surface area contributed by atoms with E-state index in [0.717, 1.165) is 0 Å². The zero-order chi connectivity index (χ0) is 12.4. The molecule has 0 spiro atoms. The van der Waals surface area contributed by atoms with E-state index in [2.05, 4.69) is 20.9 Å². The first kappa shape index (κ1) is 11.7. The molecule has 17 heavy (non-hydrogen) atoms. The predicted molar refractivity (Wildman–Crippen MR) is 64.2 cm³/mol. The van der Waals surface area contributed by atoms with E-state index in [9.17, 15) is 10.1 Å². The Labute approximate surface area is 105 Å². The molecule has 2 aromatic rings. The number of non-ortho nitro benzene ring substituents is 1. The lowest BCUT2D eigenvalue weighted by atomic mass is 10.1. The largest absolute Gasteiger partial charge is 0.439 e. The molecule has 2 rings (SSSR count). The second kappa shape index (κ2) is 4.64. The fourth-order valence-electron chi connectivity index (χ4n) is 1.36. The summed E-state index contributed by atoms with van der Waals surface area (Å²) in [5.74, 6) is 0.845. The van der Waals surface area contributed by atoms with Crippen LogP contribution >= 0.6 is 15.9 Å². The van der Waals surface area contributed by atoms with E-state index < -0.39 is 4.92 Å². The van der Waals surface area contributed by atoms with Crippen LogP contribution in [-0.2, 0) is 6.54 Å². The number of nitro benzene ring substituents is 1. The normalized spacial score (nSPS) is 10.5. The maximum atomic E-state index is 10.7. The highest BCUT2D eigenvalue weighted by atomic mass is 79.9. The number of rotatable bonds is 3. The number of nitrogens with two attached hydrogens (primary N) is 1. The summed E-state index contributed by atoms with van der Waals surface area (Å²) < 4.78 is 5.93. The molecule has 1 aromatic heterocycles. The van der Waals surface area contributed by atoms with Gasteiger partial charge in [0.1, 0.15) is 0 Å². The molecule has 2 N–H and O–H groups in total. The highest BCUT2D eigenvalue weighted by molar-refractivity contribution is 9.10. The highest BCUT2D eigenvalue weighted by Crippen LogP contribution is 2.28. The van der Waals surface area contributed by atoms with Crippen LogP contribution < -0.4 is 5.73 Å². The van der Waals surface area contributed by atoms with E-state index in [4.69, 9.17) is 10.2 Å². The molecule has 0 fully saturated rings. The Morgan fingerprint density at radius 3 is 2.82 bits per heavy atom. The summed E-state index contributed by atoms with van der Waals surface area (Å²) in [5, 5.41) is 10.7. The lowest BCUT2D eigenvalue weighted by Gasteiger charge is -1.98. The standard InChI is InChI=1S/C10H8BrN3O3/c11-7-1-6(2-8(3-7)14(15)16)9-5-13-10(4-12)17-9/h1-3,5H,4,12H2. The van der Waals surface area contributed by atoms with Crippen molar-refractivity contribution in [1.82, 2.24) is 4.98 Å². The van der Waals surface area contributed by atoms with E-state index >= 15 is 0 Å². The van der Waals surface area contributed by atoms with Crippen molar-refractivity contribution in [3.63, 3.8) is 0 Å². The molecular weight excluding hydrogens is 290 g/mol. The van der Waals surface area contributed by atoms with E-state index in [-0.39, 0.29) is 12.2 Å². The summed E-state index contributed by atoms with van der Waals surface area (Å²) in [6.45, 7) is 0.191. The fourth-order valence-corrected chi connectivity index (χ4v) is 1.84. The summed E-state index contributed by atoms with van der Waals surface area (Å²) >= 11 is 3.21. The van der Waals surface area contributed by atoms with Gasteiger partial charge in [0.2, 0.25) is 5.89 Å². The molecule has 1 aromatic carbocycles. The Bertz CT molecular complexity index is 568. The number of halogens is 1. The summed E-state index contributed by atoms with van der Waals surface area (Å²) in [7, 11) is 0. The molecule has 0 saturated heterocycles. The van der Waals surface area contributed by atoms with Crippen molar-refractivity contribution in [1.29, 1.82) is 0 Å². The maximum Gasteiger partial charge on any atom is 0.271 e. The van der Waals surface area contributed by atoms with Gasteiger partial charge in [-0.05, 0) is 6.07 Å². The van der Waals surface area contributed by atoms with Crippen molar-refractivity contribution in [2.75, 3.05) is 0 Å². The molecule has 1 heterocycles. The van der Waals surface area contributed by atoms with Crippen LogP contribution in [0.25, 0.3) is 11.3 Å². The monoisotopic (exact) mass is 297 g/mol. The van der Waals surface area contributed by atoms with E-state index in [1.807, 2.05) is 0 Å². The Kier molecular flexibility index (Phi) is 3.21. The van der Waals surface area contributed by atoms with Gasteiger partial charge in [-0.1, -0.05) is 15.9 Å². The molecule has 0 amide bonds. The summed E-state index contributed by atoms with van der Waals surface area (Å²) in [6.07, 6.45) is 1.49. The third-order valence-electron chi connectivity index (χ3n) is 2.11. The minimum atomic E-state index is -0.464. The lowest BCUT2D eigenvalue weighted by Crippen LogP contribution is -1.94. The van der Waals surface area contributed by atoms with Gasteiger partial charge < -0.3 is 10.2 Å². The summed E-state index contributed by atoms with van der Waals surface area (Å²) in [6, 6.07) is 4.56. The zero-order valence-electron chi connectivity index (χ0n) is 8.59. The summed E-state index contributed by atoms with van der Waals surface area (Å²) in [4.78, 5) is 14.2. The topological polar surface area (TPSA) is 95.2 Å². The van der Waals surface area contributed by atoms with Crippen LogP contribution in [0, 0.1) is 10.1 Å². The van der Waals surface area contributed by atoms with Gasteiger partial charge in [-0.15, -0.1) is 0 Å². The second-order valence-corrected chi connectivity index (χ2v) is 4.19. The third kappa shape index (κ3) is 2.51. The average molecular weight is 298 g/mol. The third-order valence-corrected chi connectivity index (χ3v) is 2.56. The number of hydrogen-bond acceptors (Lipinski definition) is 5. The van der Waals surface area contributed by atoms with Gasteiger partial charge in [0.15, 0.2) is 5.76 Å². The molecule has 6 nitrogen and oxygen atoms in total. The van der Waals surface area contributed by atoms with Crippen molar-refractivity contribution >= 4 is 21.6 Å². The van der Waals surface area contributed by atoms with E-state index in [1.54, 1.807) is 6.07 Å². The number of oxazole rings is 1. The number of benzene rings is 1. The second-order valence-electron chi connectivity index (χ2n) is 3.28. The first-order valence-electron chi connectivity index (χ1n) is 4.70. The molecule has 0 aliphatic heterocycles. The molecule has 0 saturated carbocycles. The van der Waals surface area contributed by atoms with E-state index in [1.165, 1.54) is 18.3 Å². The first-order valence-corrected chi connectivity index (χ1v) is 5.49. The van der Waals surface area contributed by atoms with Crippen molar-refractivity contribution in [2.24, 2.45) is 5.73 Å². The van der Waals surface area contributed by atoms with Gasteiger partial charge in [-0.3, -0.25) is 10.1 Å². The van der Waals surface area contributed by atoms with Gasteiger partial charge in [0.25, 0.3) is 5.69 Å². The first-order chi connectivity index (χ1) is 8.10. The molecule has 0 aliphatic carbocycles. The zero-order valence-corrected chi connectivity index (χ0v) is 10.2. The molecule has 88 valence electrons. The average Bonchev–Trinajstić information content (AvgIpc) is 2.76. The molecule has 0 bridgehead atoms. The Balaban J connectivity index is 2.47. The van der Waals surface area contributed by atoms with E-state index in [0.29, 0.717) is 21.7 Å². The highest BCUT2D eigenvalue weighted by Gasteiger charge is 2.12. The Hall–Kier alpha value is -1.73. The van der Waals surface area contributed by atoms with Gasteiger partial charge in [0, 0.05) is 22.2 Å². The summed E-state index contributed by atoms with van der Waals surface area (Å²) in [5.41, 5.74) is 5.94. The van der Waals surface area contributed by atoms with Crippen molar-refractivity contribution in [3.8, 4) is 11.3 Å². The smallest absolute Gasteiger partial charge is 0.271 e. The Morgan fingerprint density at radius 2 is 2.24 bits per heavy atom. The molecule has 0 unspecified atom stereocenters. The quantitative estimate of drug-likeness (QED) is 0.693. The van der Waals surface area contributed by atoms with Crippen LogP contribution in [0.3, 0.4) is 0 Å². The van der Waals surface area contributed by atoms with Crippen LogP contribution in [0.1, 0.15) is 5.89 Å². The maximum absolute atomic E-state index is 10.7. The van der Waals surface area contributed by atoms with Crippen LogP contribution in [-0.4, -0.2) is 9.91 Å². The van der Waals surface area contributed by atoms with Crippen LogP contribution in [0.15, 0.2) is 33.3 Å². The van der Waals surface area contributed by atoms with Crippen LogP contribution in [0.5, 0.6) is 0 Å². The van der Waals surface area contributed by atoms with Gasteiger partial charge >= 0.3 is 0 Å². The minimum absolute atomic E-state index is 0.0138. The fraction of sp³-hybridized carbons (Fsp3) is 0.100.